The topological polar surface area (TPSA) is 125 Å². The van der Waals surface area contributed by atoms with Crippen LogP contribution in [-0.2, 0) is 38.1 Å². The van der Waals surface area contributed by atoms with Gasteiger partial charge in [-0.15, -0.1) is 0 Å². The van der Waals surface area contributed by atoms with E-state index in [1.807, 2.05) is 6.92 Å². The molecule has 0 aromatic carbocycles. The largest absolute Gasteiger partial charge is 0.466 e. The van der Waals surface area contributed by atoms with E-state index in [0.717, 1.165) is 0 Å². The number of hydrogen-bond acceptors (Lipinski definition) is 9. The van der Waals surface area contributed by atoms with Crippen LogP contribution in [0.3, 0.4) is 0 Å². The number of ether oxygens (including phenoxy) is 4. The van der Waals surface area contributed by atoms with E-state index < -0.39 is 59.9 Å². The fraction of sp³-hybridized carbons (Fsp3) is 0.600. The van der Waals surface area contributed by atoms with E-state index in [1.165, 1.54) is 7.11 Å². The standard InChI is InChI=1S/C25H34O9/c1-7-14(4)23(28)33-20-17(25(30)31-6)10-8-9-16(12-26)11-18-19(15(5)24(29)32-18)21(20)34-22(27)13(2)3/h10-11,13-14,18-21,26H,5,7-9,12H2,1-4,6H3. The number of rotatable bonds is 7. The zero-order chi connectivity index (χ0) is 25.6. The van der Waals surface area contributed by atoms with Gasteiger partial charge < -0.3 is 24.1 Å². The minimum Gasteiger partial charge on any atom is -0.466 e. The van der Waals surface area contributed by atoms with Gasteiger partial charge in [-0.2, -0.15) is 0 Å². The Labute approximate surface area is 199 Å². The summed E-state index contributed by atoms with van der Waals surface area (Å²) < 4.78 is 22.0. The Bertz CT molecular complexity index is 883. The SMILES string of the molecule is C=C1C(=O)OC2C=C(CO)CCC=C(C(=O)OC)C(OC(=O)C(C)CC)C(OC(=O)C(C)C)C12. The molecule has 9 heteroatoms. The molecule has 2 rings (SSSR count). The summed E-state index contributed by atoms with van der Waals surface area (Å²) in [7, 11) is 1.19. The molecule has 188 valence electrons. The first-order chi connectivity index (χ1) is 16.0. The maximum Gasteiger partial charge on any atom is 0.337 e. The molecule has 5 atom stereocenters. The van der Waals surface area contributed by atoms with Gasteiger partial charge in [0, 0.05) is 5.57 Å². The van der Waals surface area contributed by atoms with Crippen molar-refractivity contribution in [1.29, 1.82) is 0 Å². The molecular weight excluding hydrogens is 444 g/mol. The molecule has 0 amide bonds. The van der Waals surface area contributed by atoms with Crippen molar-refractivity contribution in [1.82, 2.24) is 0 Å². The van der Waals surface area contributed by atoms with Crippen molar-refractivity contribution in [2.24, 2.45) is 17.8 Å². The van der Waals surface area contributed by atoms with Crippen LogP contribution < -0.4 is 0 Å². The first kappa shape index (κ1) is 27.3. The van der Waals surface area contributed by atoms with Gasteiger partial charge in [-0.05, 0) is 30.9 Å². The number of hydrogen-bond donors (Lipinski definition) is 1. The lowest BCUT2D eigenvalue weighted by molar-refractivity contribution is -0.175. The molecule has 0 aromatic heterocycles. The van der Waals surface area contributed by atoms with Crippen LogP contribution in [0.25, 0.3) is 0 Å². The zero-order valence-electron chi connectivity index (χ0n) is 20.4. The molecule has 1 fully saturated rings. The van der Waals surface area contributed by atoms with Crippen molar-refractivity contribution in [2.45, 2.75) is 65.3 Å². The van der Waals surface area contributed by atoms with Gasteiger partial charge in [-0.3, -0.25) is 9.59 Å². The maximum atomic E-state index is 12.8. The van der Waals surface area contributed by atoms with Gasteiger partial charge in [0.25, 0.3) is 0 Å². The Kier molecular flexibility index (Phi) is 9.61. The van der Waals surface area contributed by atoms with Crippen molar-refractivity contribution in [3.8, 4) is 0 Å². The molecule has 1 N–H and O–H groups in total. The molecule has 0 bridgehead atoms. The van der Waals surface area contributed by atoms with Crippen molar-refractivity contribution >= 4 is 23.9 Å². The van der Waals surface area contributed by atoms with E-state index in [2.05, 4.69) is 6.58 Å². The number of esters is 4. The Hall–Kier alpha value is -2.94. The van der Waals surface area contributed by atoms with Crippen LogP contribution in [0.15, 0.2) is 35.5 Å². The summed E-state index contributed by atoms with van der Waals surface area (Å²) in [4.78, 5) is 50.9. The van der Waals surface area contributed by atoms with Crippen molar-refractivity contribution in [2.75, 3.05) is 13.7 Å². The summed E-state index contributed by atoms with van der Waals surface area (Å²) >= 11 is 0. The third kappa shape index (κ3) is 6.14. The summed E-state index contributed by atoms with van der Waals surface area (Å²) in [6.07, 6.45) is 0.683. The van der Waals surface area contributed by atoms with Gasteiger partial charge in [-0.25, -0.2) is 9.59 Å². The van der Waals surface area contributed by atoms with Gasteiger partial charge in [0.15, 0.2) is 12.2 Å². The molecule has 1 aliphatic heterocycles. The van der Waals surface area contributed by atoms with Crippen LogP contribution >= 0.6 is 0 Å². The molecule has 0 spiro atoms. The molecule has 0 radical (unpaired) electrons. The smallest absolute Gasteiger partial charge is 0.337 e. The highest BCUT2D eigenvalue weighted by Crippen LogP contribution is 2.38. The number of aliphatic hydroxyl groups is 1. The van der Waals surface area contributed by atoms with Crippen LogP contribution in [0.5, 0.6) is 0 Å². The van der Waals surface area contributed by atoms with Crippen LogP contribution in [0.1, 0.15) is 47.0 Å². The Balaban J connectivity index is 2.73. The monoisotopic (exact) mass is 478 g/mol. The van der Waals surface area contributed by atoms with Crippen molar-refractivity contribution < 1.29 is 43.2 Å². The van der Waals surface area contributed by atoms with Gasteiger partial charge in [0.05, 0.1) is 37.0 Å². The number of fused-ring (bicyclic) bond motifs is 1. The highest BCUT2D eigenvalue weighted by molar-refractivity contribution is 5.93. The molecule has 34 heavy (non-hydrogen) atoms. The lowest BCUT2D eigenvalue weighted by Gasteiger charge is -2.34. The highest BCUT2D eigenvalue weighted by Gasteiger charge is 2.51. The second-order valence-corrected chi connectivity index (χ2v) is 8.82. The van der Waals surface area contributed by atoms with Crippen molar-refractivity contribution in [3.05, 3.63) is 35.5 Å². The van der Waals surface area contributed by atoms with Gasteiger partial charge in [-0.1, -0.05) is 40.3 Å². The summed E-state index contributed by atoms with van der Waals surface area (Å²) in [6.45, 7) is 10.3. The molecule has 9 nitrogen and oxygen atoms in total. The molecule has 2 aliphatic rings. The lowest BCUT2D eigenvalue weighted by Crippen LogP contribution is -2.47. The van der Waals surface area contributed by atoms with Crippen LogP contribution in [-0.4, -0.2) is 61.0 Å². The quantitative estimate of drug-likeness (QED) is 0.254. The molecule has 1 heterocycles. The fourth-order valence-corrected chi connectivity index (χ4v) is 3.73. The predicted molar refractivity (Wildman–Crippen MR) is 121 cm³/mol. The molecule has 0 saturated carbocycles. The van der Waals surface area contributed by atoms with Crippen LogP contribution in [0.4, 0.5) is 0 Å². The first-order valence-electron chi connectivity index (χ1n) is 11.4. The number of aliphatic hydroxyl groups excluding tert-OH is 1. The number of carbonyl (C=O) groups is 4. The molecule has 5 unspecified atom stereocenters. The number of allylic oxidation sites excluding steroid dienone is 1. The van der Waals surface area contributed by atoms with E-state index in [-0.39, 0.29) is 17.8 Å². The molecule has 1 saturated heterocycles. The second-order valence-electron chi connectivity index (χ2n) is 8.82. The Morgan fingerprint density at radius 2 is 1.88 bits per heavy atom. The highest BCUT2D eigenvalue weighted by atomic mass is 16.6. The third-order valence-electron chi connectivity index (χ3n) is 6.06. The second kappa shape index (κ2) is 12.0. The summed E-state index contributed by atoms with van der Waals surface area (Å²) in [5.74, 6) is -4.67. The Morgan fingerprint density at radius 1 is 1.21 bits per heavy atom. The number of methoxy groups -OCH3 is 1. The first-order valence-corrected chi connectivity index (χ1v) is 11.4. The zero-order valence-corrected chi connectivity index (χ0v) is 20.4. The Morgan fingerprint density at radius 3 is 2.44 bits per heavy atom. The summed E-state index contributed by atoms with van der Waals surface area (Å²) in [6, 6.07) is 0. The van der Waals surface area contributed by atoms with Crippen LogP contribution in [0, 0.1) is 17.8 Å². The minimum atomic E-state index is -1.36. The average Bonchev–Trinajstić information content (AvgIpc) is 3.09. The number of carbonyl (C=O) groups excluding carboxylic acids is 4. The minimum absolute atomic E-state index is 0.00877. The molecule has 1 aliphatic carbocycles. The van der Waals surface area contributed by atoms with E-state index in [9.17, 15) is 24.3 Å². The average molecular weight is 479 g/mol. The van der Waals surface area contributed by atoms with Crippen molar-refractivity contribution in [3.63, 3.8) is 0 Å². The normalized spacial score (nSPS) is 26.0. The third-order valence-corrected chi connectivity index (χ3v) is 6.06. The van der Waals surface area contributed by atoms with Gasteiger partial charge in [0.1, 0.15) is 6.10 Å². The molecular formula is C25H34O9. The van der Waals surface area contributed by atoms with E-state index >= 15 is 0 Å². The van der Waals surface area contributed by atoms with E-state index in [1.54, 1.807) is 32.9 Å². The predicted octanol–water partition coefficient (Wildman–Crippen LogP) is 2.42. The van der Waals surface area contributed by atoms with E-state index in [4.69, 9.17) is 18.9 Å². The van der Waals surface area contributed by atoms with Gasteiger partial charge in [0.2, 0.25) is 0 Å². The lowest BCUT2D eigenvalue weighted by atomic mass is 9.83. The van der Waals surface area contributed by atoms with Crippen LogP contribution in [0.2, 0.25) is 0 Å². The molecule has 0 aromatic rings. The maximum absolute atomic E-state index is 12.8. The summed E-state index contributed by atoms with van der Waals surface area (Å²) in [5, 5.41) is 9.79. The summed E-state index contributed by atoms with van der Waals surface area (Å²) in [5.41, 5.74) is 0.558. The van der Waals surface area contributed by atoms with Gasteiger partial charge >= 0.3 is 23.9 Å². The fourth-order valence-electron chi connectivity index (χ4n) is 3.73. The van der Waals surface area contributed by atoms with E-state index in [0.29, 0.717) is 24.8 Å².